The van der Waals surface area contributed by atoms with Crippen molar-refractivity contribution < 1.29 is 14.7 Å². The predicted molar refractivity (Wildman–Crippen MR) is 71.3 cm³/mol. The Balaban J connectivity index is 3.19. The zero-order valence-corrected chi connectivity index (χ0v) is 11.3. The van der Waals surface area contributed by atoms with Crippen LogP contribution in [0.2, 0.25) is 0 Å². The predicted octanol–water partition coefficient (Wildman–Crippen LogP) is 1.87. The summed E-state index contributed by atoms with van der Waals surface area (Å²) in [7, 11) is 0. The number of carbonyl (C=O) groups is 2. The molecule has 0 radical (unpaired) electrons. The van der Waals surface area contributed by atoms with E-state index in [1.165, 1.54) is 32.1 Å². The number of carboxylic acid groups (broad SMARTS) is 1. The molecule has 0 aliphatic rings. The van der Waals surface area contributed by atoms with Crippen LogP contribution in [0.1, 0.15) is 58.3 Å². The van der Waals surface area contributed by atoms with E-state index in [2.05, 4.69) is 17.6 Å². The SMILES string of the molecule is CCCCCCCCCC(=O)NCNCC(=O)O. The van der Waals surface area contributed by atoms with Gasteiger partial charge in [0.1, 0.15) is 0 Å². The van der Waals surface area contributed by atoms with Gasteiger partial charge in [-0.15, -0.1) is 0 Å². The molecule has 1 amide bonds. The third-order valence-corrected chi connectivity index (χ3v) is 2.69. The zero-order chi connectivity index (χ0) is 13.6. The van der Waals surface area contributed by atoms with Crippen LogP contribution in [0.4, 0.5) is 0 Å². The van der Waals surface area contributed by atoms with Crippen molar-refractivity contribution in [3.8, 4) is 0 Å². The van der Waals surface area contributed by atoms with Crippen LogP contribution in [0, 0.1) is 0 Å². The molecule has 18 heavy (non-hydrogen) atoms. The molecule has 0 rings (SSSR count). The van der Waals surface area contributed by atoms with Gasteiger partial charge in [0.15, 0.2) is 0 Å². The second-order valence-electron chi connectivity index (χ2n) is 4.47. The zero-order valence-electron chi connectivity index (χ0n) is 11.3. The minimum absolute atomic E-state index is 0.0125. The maximum Gasteiger partial charge on any atom is 0.317 e. The first-order chi connectivity index (χ1) is 8.66. The highest BCUT2D eigenvalue weighted by Gasteiger charge is 2.00. The van der Waals surface area contributed by atoms with Gasteiger partial charge in [0.25, 0.3) is 0 Å². The molecular formula is C13H26N2O3. The van der Waals surface area contributed by atoms with Crippen molar-refractivity contribution in [1.29, 1.82) is 0 Å². The molecule has 0 aliphatic heterocycles. The van der Waals surface area contributed by atoms with E-state index in [0.29, 0.717) is 6.42 Å². The molecule has 0 saturated carbocycles. The molecule has 0 fully saturated rings. The van der Waals surface area contributed by atoms with Gasteiger partial charge in [-0.2, -0.15) is 0 Å². The molecule has 0 unspecified atom stereocenters. The number of unbranched alkanes of at least 4 members (excludes halogenated alkanes) is 6. The molecule has 0 aliphatic carbocycles. The van der Waals surface area contributed by atoms with Crippen LogP contribution in [-0.4, -0.2) is 30.2 Å². The minimum atomic E-state index is -0.920. The van der Waals surface area contributed by atoms with Gasteiger partial charge in [-0.25, -0.2) is 0 Å². The van der Waals surface area contributed by atoms with Gasteiger partial charge in [0.05, 0.1) is 13.2 Å². The molecule has 0 heterocycles. The fourth-order valence-electron chi connectivity index (χ4n) is 1.66. The monoisotopic (exact) mass is 258 g/mol. The summed E-state index contributed by atoms with van der Waals surface area (Å²) in [6.07, 6.45) is 8.85. The van der Waals surface area contributed by atoms with Gasteiger partial charge >= 0.3 is 5.97 Å². The second-order valence-corrected chi connectivity index (χ2v) is 4.47. The summed E-state index contributed by atoms with van der Waals surface area (Å²) in [6, 6.07) is 0. The van der Waals surface area contributed by atoms with E-state index < -0.39 is 5.97 Å². The Kier molecular flexibility index (Phi) is 11.6. The number of amides is 1. The Morgan fingerprint density at radius 3 is 2.22 bits per heavy atom. The standard InChI is InChI=1S/C13H26N2O3/c1-2-3-4-5-6-7-8-9-12(16)15-11-14-10-13(17)18/h14H,2-11H2,1H3,(H,15,16)(H,17,18). The molecule has 0 saturated heterocycles. The molecule has 5 nitrogen and oxygen atoms in total. The Bertz CT molecular complexity index is 232. The molecule has 0 atom stereocenters. The lowest BCUT2D eigenvalue weighted by Crippen LogP contribution is -2.36. The topological polar surface area (TPSA) is 78.4 Å². The van der Waals surface area contributed by atoms with E-state index in [-0.39, 0.29) is 19.1 Å². The Morgan fingerprint density at radius 2 is 1.61 bits per heavy atom. The quantitative estimate of drug-likeness (QED) is 0.369. The summed E-state index contributed by atoms with van der Waals surface area (Å²) in [4.78, 5) is 21.5. The van der Waals surface area contributed by atoms with E-state index in [9.17, 15) is 9.59 Å². The van der Waals surface area contributed by atoms with Gasteiger partial charge in [-0.3, -0.25) is 14.9 Å². The largest absolute Gasteiger partial charge is 0.480 e. The lowest BCUT2D eigenvalue weighted by atomic mass is 10.1. The van der Waals surface area contributed by atoms with E-state index in [0.717, 1.165) is 12.8 Å². The molecule has 0 aromatic heterocycles. The van der Waals surface area contributed by atoms with Gasteiger partial charge in [-0.1, -0.05) is 45.4 Å². The van der Waals surface area contributed by atoms with Gasteiger partial charge in [-0.05, 0) is 6.42 Å². The average molecular weight is 258 g/mol. The molecule has 5 heteroatoms. The molecule has 106 valence electrons. The van der Waals surface area contributed by atoms with Crippen LogP contribution in [0.15, 0.2) is 0 Å². The summed E-state index contributed by atoms with van der Waals surface area (Å²) in [6.45, 7) is 2.29. The summed E-state index contributed by atoms with van der Waals surface area (Å²) < 4.78 is 0. The van der Waals surface area contributed by atoms with Crippen molar-refractivity contribution in [2.75, 3.05) is 13.2 Å². The van der Waals surface area contributed by atoms with Crippen LogP contribution in [0.25, 0.3) is 0 Å². The van der Waals surface area contributed by atoms with Crippen LogP contribution < -0.4 is 10.6 Å². The van der Waals surface area contributed by atoms with Crippen LogP contribution in [0.5, 0.6) is 0 Å². The van der Waals surface area contributed by atoms with Crippen molar-refractivity contribution in [3.63, 3.8) is 0 Å². The smallest absolute Gasteiger partial charge is 0.317 e. The van der Waals surface area contributed by atoms with Crippen LogP contribution in [0.3, 0.4) is 0 Å². The highest BCUT2D eigenvalue weighted by atomic mass is 16.4. The van der Waals surface area contributed by atoms with Crippen molar-refractivity contribution in [1.82, 2.24) is 10.6 Å². The number of carbonyl (C=O) groups excluding carboxylic acids is 1. The minimum Gasteiger partial charge on any atom is -0.480 e. The third kappa shape index (κ3) is 13.0. The normalized spacial score (nSPS) is 10.3. The van der Waals surface area contributed by atoms with Crippen LogP contribution in [-0.2, 0) is 9.59 Å². The molecular weight excluding hydrogens is 232 g/mol. The maximum atomic E-state index is 11.3. The van der Waals surface area contributed by atoms with E-state index in [1.54, 1.807) is 0 Å². The fraction of sp³-hybridized carbons (Fsp3) is 0.846. The first-order valence-electron chi connectivity index (χ1n) is 6.86. The van der Waals surface area contributed by atoms with Gasteiger partial charge < -0.3 is 10.4 Å². The Labute approximate surface area is 109 Å². The van der Waals surface area contributed by atoms with Gasteiger partial charge in [0.2, 0.25) is 5.91 Å². The maximum absolute atomic E-state index is 11.3. The number of hydrogen-bond donors (Lipinski definition) is 3. The highest BCUT2D eigenvalue weighted by molar-refractivity contribution is 5.75. The van der Waals surface area contributed by atoms with E-state index >= 15 is 0 Å². The van der Waals surface area contributed by atoms with Gasteiger partial charge in [0, 0.05) is 6.42 Å². The Hall–Kier alpha value is -1.10. The molecule has 0 aromatic rings. The van der Waals surface area contributed by atoms with E-state index in [1.807, 2.05) is 0 Å². The highest BCUT2D eigenvalue weighted by Crippen LogP contribution is 2.07. The number of nitrogens with one attached hydrogen (secondary N) is 2. The fourth-order valence-corrected chi connectivity index (χ4v) is 1.66. The summed E-state index contributed by atoms with van der Waals surface area (Å²) in [5, 5.41) is 13.6. The van der Waals surface area contributed by atoms with Crippen molar-refractivity contribution in [2.45, 2.75) is 58.3 Å². The van der Waals surface area contributed by atoms with Crippen molar-refractivity contribution >= 4 is 11.9 Å². The first kappa shape index (κ1) is 16.9. The Morgan fingerprint density at radius 1 is 1.00 bits per heavy atom. The number of rotatable bonds is 12. The van der Waals surface area contributed by atoms with Crippen molar-refractivity contribution in [3.05, 3.63) is 0 Å². The summed E-state index contributed by atoms with van der Waals surface area (Å²) in [5.74, 6) is -0.933. The summed E-state index contributed by atoms with van der Waals surface area (Å²) in [5.41, 5.74) is 0. The lowest BCUT2D eigenvalue weighted by molar-refractivity contribution is -0.136. The van der Waals surface area contributed by atoms with Crippen molar-refractivity contribution in [2.24, 2.45) is 0 Å². The molecule has 0 aromatic carbocycles. The number of hydrogen-bond acceptors (Lipinski definition) is 3. The second kappa shape index (κ2) is 12.4. The summed E-state index contributed by atoms with van der Waals surface area (Å²) >= 11 is 0. The first-order valence-corrected chi connectivity index (χ1v) is 6.86. The molecule has 0 spiro atoms. The van der Waals surface area contributed by atoms with E-state index in [4.69, 9.17) is 5.11 Å². The van der Waals surface area contributed by atoms with Crippen LogP contribution >= 0.6 is 0 Å². The third-order valence-electron chi connectivity index (χ3n) is 2.69. The lowest BCUT2D eigenvalue weighted by Gasteiger charge is -2.05. The molecule has 3 N–H and O–H groups in total. The number of carboxylic acids is 1. The number of aliphatic carboxylic acids is 1. The average Bonchev–Trinajstić information content (AvgIpc) is 2.33. The molecule has 0 bridgehead atoms.